The second-order valence-corrected chi connectivity index (χ2v) is 5.42. The van der Waals surface area contributed by atoms with E-state index in [1.54, 1.807) is 24.3 Å². The molecule has 0 radical (unpaired) electrons. The number of nitrogens with two attached hydrogens (primary N) is 1. The van der Waals surface area contributed by atoms with Crippen molar-refractivity contribution < 1.29 is 19.6 Å². The zero-order valence-electron chi connectivity index (χ0n) is 13.3. The van der Waals surface area contributed by atoms with Crippen LogP contribution in [0.2, 0.25) is 0 Å². The SMILES string of the molecule is CC(C)(O)C(N)=O.O=C(c1ccccc1)c1ccc([N+](=O)[O-])cc1. The molecular formula is C17H18N2O5. The molecule has 126 valence electrons. The second kappa shape index (κ2) is 7.98. The normalized spacial score (nSPS) is 10.3. The van der Waals surface area contributed by atoms with Crippen LogP contribution in [-0.2, 0) is 4.79 Å². The van der Waals surface area contributed by atoms with Gasteiger partial charge in [0, 0.05) is 23.3 Å². The van der Waals surface area contributed by atoms with Crippen molar-refractivity contribution in [2.45, 2.75) is 19.4 Å². The van der Waals surface area contributed by atoms with E-state index < -0.39 is 16.4 Å². The molecule has 1 amide bonds. The minimum absolute atomic E-state index is 0.0189. The highest BCUT2D eigenvalue weighted by atomic mass is 16.6. The fourth-order valence-electron chi connectivity index (χ4n) is 1.49. The van der Waals surface area contributed by atoms with Crippen molar-refractivity contribution in [1.82, 2.24) is 0 Å². The first-order valence-electron chi connectivity index (χ1n) is 6.99. The minimum Gasteiger partial charge on any atom is -0.381 e. The summed E-state index contributed by atoms with van der Waals surface area (Å²) in [5.74, 6) is -0.840. The van der Waals surface area contributed by atoms with Crippen LogP contribution in [-0.4, -0.2) is 27.3 Å². The number of rotatable bonds is 4. The number of carbonyl (C=O) groups is 2. The average Bonchev–Trinajstić information content (AvgIpc) is 2.55. The van der Waals surface area contributed by atoms with Crippen LogP contribution in [0.1, 0.15) is 29.8 Å². The molecule has 24 heavy (non-hydrogen) atoms. The quantitative estimate of drug-likeness (QED) is 0.504. The van der Waals surface area contributed by atoms with Gasteiger partial charge in [0.05, 0.1) is 4.92 Å². The van der Waals surface area contributed by atoms with E-state index in [0.717, 1.165) is 0 Å². The Balaban J connectivity index is 0.000000351. The number of hydrogen-bond donors (Lipinski definition) is 2. The first-order chi connectivity index (χ1) is 11.1. The maximum absolute atomic E-state index is 12.0. The molecule has 0 aromatic heterocycles. The highest BCUT2D eigenvalue weighted by Crippen LogP contribution is 2.15. The van der Waals surface area contributed by atoms with Crippen molar-refractivity contribution in [2.75, 3.05) is 0 Å². The van der Waals surface area contributed by atoms with Gasteiger partial charge in [-0.1, -0.05) is 30.3 Å². The Morgan fingerprint density at radius 1 is 1.00 bits per heavy atom. The van der Waals surface area contributed by atoms with Crippen LogP contribution in [0.25, 0.3) is 0 Å². The third-order valence-electron chi connectivity index (χ3n) is 2.98. The van der Waals surface area contributed by atoms with Gasteiger partial charge >= 0.3 is 0 Å². The molecule has 2 aromatic carbocycles. The molecule has 0 aliphatic rings. The molecule has 0 atom stereocenters. The van der Waals surface area contributed by atoms with E-state index in [1.165, 1.54) is 38.1 Å². The Bertz CT molecular complexity index is 719. The fraction of sp³-hybridized carbons (Fsp3) is 0.176. The number of hydrogen-bond acceptors (Lipinski definition) is 5. The van der Waals surface area contributed by atoms with Crippen LogP contribution >= 0.6 is 0 Å². The summed E-state index contributed by atoms with van der Waals surface area (Å²) >= 11 is 0. The van der Waals surface area contributed by atoms with E-state index in [2.05, 4.69) is 5.73 Å². The number of nitrogens with zero attached hydrogens (tertiary/aromatic N) is 1. The summed E-state index contributed by atoms with van der Waals surface area (Å²) in [5.41, 5.74) is 4.32. The van der Waals surface area contributed by atoms with E-state index in [9.17, 15) is 19.7 Å². The van der Waals surface area contributed by atoms with E-state index in [-0.39, 0.29) is 11.5 Å². The van der Waals surface area contributed by atoms with Crippen LogP contribution < -0.4 is 5.73 Å². The molecule has 0 spiro atoms. The van der Waals surface area contributed by atoms with E-state index in [4.69, 9.17) is 5.11 Å². The summed E-state index contributed by atoms with van der Waals surface area (Å²) < 4.78 is 0. The summed E-state index contributed by atoms with van der Waals surface area (Å²) in [6.07, 6.45) is 0. The molecule has 7 heteroatoms. The number of amides is 1. The summed E-state index contributed by atoms with van der Waals surface area (Å²) in [7, 11) is 0. The van der Waals surface area contributed by atoms with Crippen molar-refractivity contribution in [1.29, 1.82) is 0 Å². The van der Waals surface area contributed by atoms with Crippen LogP contribution in [0, 0.1) is 10.1 Å². The first kappa shape index (κ1) is 19.0. The Labute approximate surface area is 138 Å². The van der Waals surface area contributed by atoms with Gasteiger partial charge < -0.3 is 10.8 Å². The predicted octanol–water partition coefficient (Wildman–Crippen LogP) is 2.07. The van der Waals surface area contributed by atoms with Gasteiger partial charge in [-0.25, -0.2) is 0 Å². The smallest absolute Gasteiger partial charge is 0.269 e. The van der Waals surface area contributed by atoms with Crippen molar-refractivity contribution >= 4 is 17.4 Å². The highest BCUT2D eigenvalue weighted by Gasteiger charge is 2.18. The zero-order chi connectivity index (χ0) is 18.3. The maximum Gasteiger partial charge on any atom is 0.269 e. The number of aliphatic hydroxyl groups is 1. The number of benzene rings is 2. The Morgan fingerprint density at radius 2 is 1.42 bits per heavy atom. The second-order valence-electron chi connectivity index (χ2n) is 5.42. The molecule has 0 aliphatic heterocycles. The average molecular weight is 330 g/mol. The summed E-state index contributed by atoms with van der Waals surface area (Å²) in [6.45, 7) is 2.69. The maximum atomic E-state index is 12.0. The van der Waals surface area contributed by atoms with Gasteiger partial charge in [-0.2, -0.15) is 0 Å². The number of carbonyl (C=O) groups excluding carboxylic acids is 2. The van der Waals surface area contributed by atoms with E-state index in [1.807, 2.05) is 6.07 Å². The van der Waals surface area contributed by atoms with E-state index in [0.29, 0.717) is 11.1 Å². The van der Waals surface area contributed by atoms with Gasteiger partial charge in [-0.15, -0.1) is 0 Å². The number of nitro benzene ring substituents is 1. The largest absolute Gasteiger partial charge is 0.381 e. The van der Waals surface area contributed by atoms with Gasteiger partial charge in [0.25, 0.3) is 5.69 Å². The molecule has 3 N–H and O–H groups in total. The molecule has 0 saturated carbocycles. The topological polar surface area (TPSA) is 124 Å². The fourth-order valence-corrected chi connectivity index (χ4v) is 1.49. The molecule has 0 unspecified atom stereocenters. The van der Waals surface area contributed by atoms with Crippen LogP contribution in [0.15, 0.2) is 54.6 Å². The van der Waals surface area contributed by atoms with E-state index >= 15 is 0 Å². The van der Waals surface area contributed by atoms with Crippen LogP contribution in [0.5, 0.6) is 0 Å². The molecule has 2 aromatic rings. The summed E-state index contributed by atoms with van der Waals surface area (Å²) in [6, 6.07) is 14.4. The van der Waals surface area contributed by atoms with Gasteiger partial charge in [0.1, 0.15) is 5.60 Å². The standard InChI is InChI=1S/C13H9NO3.C4H9NO2/c15-13(10-4-2-1-3-5-10)11-6-8-12(9-7-11)14(16)17;1-4(2,7)3(5)6/h1-9H;7H,1-2H3,(H2,5,6). The van der Waals surface area contributed by atoms with Gasteiger partial charge in [0.15, 0.2) is 5.78 Å². The predicted molar refractivity (Wildman–Crippen MR) is 88.5 cm³/mol. The van der Waals surface area contributed by atoms with Crippen molar-refractivity contribution in [2.24, 2.45) is 5.73 Å². The molecular weight excluding hydrogens is 312 g/mol. The lowest BCUT2D eigenvalue weighted by Crippen LogP contribution is -2.37. The first-order valence-corrected chi connectivity index (χ1v) is 6.99. The third kappa shape index (κ3) is 5.62. The summed E-state index contributed by atoms with van der Waals surface area (Å²) in [4.78, 5) is 31.9. The molecule has 0 bridgehead atoms. The van der Waals surface area contributed by atoms with Crippen molar-refractivity contribution in [3.05, 3.63) is 75.8 Å². The number of ketones is 1. The molecule has 0 fully saturated rings. The highest BCUT2D eigenvalue weighted by molar-refractivity contribution is 6.09. The Morgan fingerprint density at radius 3 is 1.79 bits per heavy atom. The molecule has 2 rings (SSSR count). The lowest BCUT2D eigenvalue weighted by molar-refractivity contribution is -0.384. The van der Waals surface area contributed by atoms with Crippen molar-refractivity contribution in [3.63, 3.8) is 0 Å². The van der Waals surface area contributed by atoms with Crippen LogP contribution in [0.4, 0.5) is 5.69 Å². The number of non-ortho nitro benzene ring substituents is 1. The lowest BCUT2D eigenvalue weighted by atomic mass is 10.0. The number of nitro groups is 1. The summed E-state index contributed by atoms with van der Waals surface area (Å²) in [5, 5.41) is 19.1. The molecule has 0 aliphatic carbocycles. The monoisotopic (exact) mass is 330 g/mol. The lowest BCUT2D eigenvalue weighted by Gasteiger charge is -2.09. The van der Waals surface area contributed by atoms with Gasteiger partial charge in [-0.05, 0) is 26.0 Å². The van der Waals surface area contributed by atoms with Gasteiger partial charge in [-0.3, -0.25) is 19.7 Å². The third-order valence-corrected chi connectivity index (χ3v) is 2.98. The molecule has 0 saturated heterocycles. The van der Waals surface area contributed by atoms with Crippen LogP contribution in [0.3, 0.4) is 0 Å². The molecule has 0 heterocycles. The Kier molecular flexibility index (Phi) is 6.31. The zero-order valence-corrected chi connectivity index (χ0v) is 13.3. The number of primary amides is 1. The molecule has 7 nitrogen and oxygen atoms in total. The van der Waals surface area contributed by atoms with Crippen molar-refractivity contribution in [3.8, 4) is 0 Å². The minimum atomic E-state index is -1.36. The Hall–Kier alpha value is -3.06. The van der Waals surface area contributed by atoms with Gasteiger partial charge in [0.2, 0.25) is 5.91 Å².